The van der Waals surface area contributed by atoms with E-state index in [4.69, 9.17) is 5.73 Å². The number of carbonyl (C=O) groups excluding carboxylic acids is 1. The highest BCUT2D eigenvalue weighted by atomic mass is 16.1. The lowest BCUT2D eigenvalue weighted by Crippen LogP contribution is -2.38. The molecule has 3 N–H and O–H groups in total. The molecule has 1 aliphatic carbocycles. The molecule has 1 aromatic rings. The van der Waals surface area contributed by atoms with Crippen LogP contribution in [-0.4, -0.2) is 18.5 Å². The van der Waals surface area contributed by atoms with Crippen molar-refractivity contribution in [3.8, 4) is 6.07 Å². The Morgan fingerprint density at radius 2 is 1.95 bits per heavy atom. The molecule has 1 unspecified atom stereocenters. The number of nitriles is 1. The summed E-state index contributed by atoms with van der Waals surface area (Å²) in [5.41, 5.74) is 6.38. The quantitative estimate of drug-likeness (QED) is 0.858. The van der Waals surface area contributed by atoms with Crippen molar-refractivity contribution in [1.29, 1.82) is 5.26 Å². The molecule has 1 aromatic carbocycles. The number of primary amides is 1. The van der Waals surface area contributed by atoms with Crippen molar-refractivity contribution in [3.05, 3.63) is 35.9 Å². The first-order valence-electron chi connectivity index (χ1n) is 7.18. The van der Waals surface area contributed by atoms with E-state index in [9.17, 15) is 10.1 Å². The molecule has 106 valence electrons. The SMILES string of the molecule is N#CC(CNC1CCC(C(N)=O)CC1)c1ccccc1. The lowest BCUT2D eigenvalue weighted by atomic mass is 9.85. The Kier molecular flexibility index (Phi) is 5.14. The lowest BCUT2D eigenvalue weighted by molar-refractivity contribution is -0.122. The van der Waals surface area contributed by atoms with Crippen molar-refractivity contribution in [2.24, 2.45) is 11.7 Å². The zero-order valence-corrected chi connectivity index (χ0v) is 11.6. The van der Waals surface area contributed by atoms with E-state index in [1.54, 1.807) is 0 Å². The van der Waals surface area contributed by atoms with Gasteiger partial charge in [0, 0.05) is 18.5 Å². The van der Waals surface area contributed by atoms with Crippen LogP contribution in [0.2, 0.25) is 0 Å². The van der Waals surface area contributed by atoms with E-state index < -0.39 is 0 Å². The van der Waals surface area contributed by atoms with Gasteiger partial charge in [0.25, 0.3) is 0 Å². The maximum Gasteiger partial charge on any atom is 0.220 e. The molecule has 0 radical (unpaired) electrons. The average molecular weight is 271 g/mol. The van der Waals surface area contributed by atoms with E-state index in [2.05, 4.69) is 11.4 Å². The third-order valence-corrected chi connectivity index (χ3v) is 4.10. The maximum absolute atomic E-state index is 11.1. The van der Waals surface area contributed by atoms with Crippen molar-refractivity contribution in [3.63, 3.8) is 0 Å². The van der Waals surface area contributed by atoms with Crippen molar-refractivity contribution in [1.82, 2.24) is 5.32 Å². The summed E-state index contributed by atoms with van der Waals surface area (Å²) >= 11 is 0. The fourth-order valence-electron chi connectivity index (χ4n) is 2.79. The summed E-state index contributed by atoms with van der Waals surface area (Å²) in [6.45, 7) is 0.659. The van der Waals surface area contributed by atoms with Gasteiger partial charge in [-0.25, -0.2) is 0 Å². The second kappa shape index (κ2) is 7.06. The Morgan fingerprint density at radius 3 is 2.50 bits per heavy atom. The summed E-state index contributed by atoms with van der Waals surface area (Å²) in [5, 5.41) is 12.7. The normalized spacial score (nSPS) is 23.8. The molecule has 1 atom stereocenters. The lowest BCUT2D eigenvalue weighted by Gasteiger charge is -2.28. The molecule has 0 saturated heterocycles. The highest BCUT2D eigenvalue weighted by Crippen LogP contribution is 2.24. The van der Waals surface area contributed by atoms with Gasteiger partial charge in [-0.3, -0.25) is 4.79 Å². The third kappa shape index (κ3) is 3.82. The number of hydrogen-bond acceptors (Lipinski definition) is 3. The molecule has 20 heavy (non-hydrogen) atoms. The standard InChI is InChI=1S/C16H21N3O/c17-10-14(12-4-2-1-3-5-12)11-19-15-8-6-13(7-9-15)16(18)20/h1-5,13-15,19H,6-9,11H2,(H2,18,20). The van der Waals surface area contributed by atoms with Gasteiger partial charge >= 0.3 is 0 Å². The van der Waals surface area contributed by atoms with Gasteiger partial charge in [-0.1, -0.05) is 30.3 Å². The van der Waals surface area contributed by atoms with Gasteiger partial charge in [0.1, 0.15) is 0 Å². The van der Waals surface area contributed by atoms with Crippen molar-refractivity contribution in [2.45, 2.75) is 37.6 Å². The number of hydrogen-bond donors (Lipinski definition) is 2. The van der Waals surface area contributed by atoms with Crippen LogP contribution in [0.1, 0.15) is 37.2 Å². The zero-order valence-electron chi connectivity index (χ0n) is 11.6. The second-order valence-electron chi connectivity index (χ2n) is 5.45. The Balaban J connectivity index is 1.81. The molecule has 1 amide bonds. The predicted molar refractivity (Wildman–Crippen MR) is 77.7 cm³/mol. The first-order chi connectivity index (χ1) is 9.70. The molecule has 2 rings (SSSR count). The van der Waals surface area contributed by atoms with Crippen molar-refractivity contribution >= 4 is 5.91 Å². The van der Waals surface area contributed by atoms with Crippen LogP contribution in [0, 0.1) is 17.2 Å². The minimum Gasteiger partial charge on any atom is -0.369 e. The van der Waals surface area contributed by atoms with Crippen LogP contribution in [0.5, 0.6) is 0 Å². The first-order valence-corrected chi connectivity index (χ1v) is 7.18. The van der Waals surface area contributed by atoms with Gasteiger partial charge in [-0.2, -0.15) is 5.26 Å². The number of rotatable bonds is 5. The number of amides is 1. The van der Waals surface area contributed by atoms with Crippen molar-refractivity contribution in [2.75, 3.05) is 6.54 Å². The minimum absolute atomic E-state index is 0.0361. The van der Waals surface area contributed by atoms with Gasteiger partial charge in [0.15, 0.2) is 0 Å². The summed E-state index contributed by atoms with van der Waals surface area (Å²) in [5.74, 6) is -0.262. The highest BCUT2D eigenvalue weighted by Gasteiger charge is 2.24. The number of nitrogens with two attached hydrogens (primary N) is 1. The number of benzene rings is 1. The largest absolute Gasteiger partial charge is 0.369 e. The molecule has 0 aromatic heterocycles. The average Bonchev–Trinajstić information content (AvgIpc) is 2.49. The summed E-state index contributed by atoms with van der Waals surface area (Å²) in [7, 11) is 0. The van der Waals surface area contributed by atoms with Gasteiger partial charge < -0.3 is 11.1 Å². The fourth-order valence-corrected chi connectivity index (χ4v) is 2.79. The van der Waals surface area contributed by atoms with Gasteiger partial charge in [-0.15, -0.1) is 0 Å². The van der Waals surface area contributed by atoms with E-state index >= 15 is 0 Å². The molecule has 4 heteroatoms. The maximum atomic E-state index is 11.1. The second-order valence-corrected chi connectivity index (χ2v) is 5.45. The van der Waals surface area contributed by atoms with Crippen LogP contribution in [0.15, 0.2) is 30.3 Å². The number of carbonyl (C=O) groups is 1. The monoisotopic (exact) mass is 271 g/mol. The molecule has 0 aliphatic heterocycles. The number of nitrogens with one attached hydrogen (secondary N) is 1. The minimum atomic E-state index is -0.178. The van der Waals surface area contributed by atoms with Crippen LogP contribution in [0.4, 0.5) is 0 Å². The van der Waals surface area contributed by atoms with Gasteiger partial charge in [-0.05, 0) is 31.2 Å². The van der Waals surface area contributed by atoms with Crippen LogP contribution in [0.25, 0.3) is 0 Å². The van der Waals surface area contributed by atoms with E-state index in [1.807, 2.05) is 30.3 Å². The Morgan fingerprint density at radius 1 is 1.30 bits per heavy atom. The predicted octanol–water partition coefficient (Wildman–Crippen LogP) is 1.93. The molecule has 1 saturated carbocycles. The van der Waals surface area contributed by atoms with Gasteiger partial charge in [0.2, 0.25) is 5.91 Å². The van der Waals surface area contributed by atoms with E-state index in [0.29, 0.717) is 12.6 Å². The molecule has 0 bridgehead atoms. The summed E-state index contributed by atoms with van der Waals surface area (Å²) in [6, 6.07) is 12.6. The Bertz CT molecular complexity index is 472. The molecule has 0 heterocycles. The van der Waals surface area contributed by atoms with Crippen LogP contribution in [-0.2, 0) is 4.79 Å². The molecular formula is C16H21N3O. The highest BCUT2D eigenvalue weighted by molar-refractivity contribution is 5.76. The topological polar surface area (TPSA) is 78.9 Å². The molecule has 0 spiro atoms. The van der Waals surface area contributed by atoms with E-state index in [1.165, 1.54) is 0 Å². The van der Waals surface area contributed by atoms with E-state index in [-0.39, 0.29) is 17.7 Å². The summed E-state index contributed by atoms with van der Waals surface area (Å²) < 4.78 is 0. The fraction of sp³-hybridized carbons (Fsp3) is 0.500. The first kappa shape index (κ1) is 14.5. The smallest absolute Gasteiger partial charge is 0.220 e. The van der Waals surface area contributed by atoms with Crippen LogP contribution < -0.4 is 11.1 Å². The third-order valence-electron chi connectivity index (χ3n) is 4.10. The van der Waals surface area contributed by atoms with E-state index in [0.717, 1.165) is 31.2 Å². The zero-order chi connectivity index (χ0) is 14.4. The molecular weight excluding hydrogens is 250 g/mol. The van der Waals surface area contributed by atoms with Crippen LogP contribution in [0.3, 0.4) is 0 Å². The summed E-state index contributed by atoms with van der Waals surface area (Å²) in [6.07, 6.45) is 3.63. The Labute approximate surface area is 120 Å². The number of nitrogens with zero attached hydrogens (tertiary/aromatic N) is 1. The molecule has 4 nitrogen and oxygen atoms in total. The summed E-state index contributed by atoms with van der Waals surface area (Å²) in [4.78, 5) is 11.1. The van der Waals surface area contributed by atoms with Crippen molar-refractivity contribution < 1.29 is 4.79 Å². The Hall–Kier alpha value is -1.86. The van der Waals surface area contributed by atoms with Crippen LogP contribution >= 0.6 is 0 Å². The van der Waals surface area contributed by atoms with Gasteiger partial charge in [0.05, 0.1) is 12.0 Å². The molecule has 1 aliphatic rings. The molecule has 1 fully saturated rings.